The lowest BCUT2D eigenvalue weighted by molar-refractivity contribution is -0.116. The summed E-state index contributed by atoms with van der Waals surface area (Å²) >= 11 is 0. The van der Waals surface area contributed by atoms with Gasteiger partial charge in [0.2, 0.25) is 12.7 Å². The van der Waals surface area contributed by atoms with Crippen molar-refractivity contribution in [2.45, 2.75) is 19.8 Å². The summed E-state index contributed by atoms with van der Waals surface area (Å²) in [5, 5.41) is 5.17. The predicted molar refractivity (Wildman–Crippen MR) is 90.5 cm³/mol. The number of hydrogen-bond donors (Lipinski definition) is 2. The molecule has 0 saturated heterocycles. The monoisotopic (exact) mass is 344 g/mol. The minimum Gasteiger partial charge on any atom is -0.454 e. The summed E-state index contributed by atoms with van der Waals surface area (Å²) in [6.07, 6.45) is 0.960. The smallest absolute Gasteiger partial charge is 0.255 e. The second-order valence-corrected chi connectivity index (χ2v) is 5.51. The first-order valence-corrected chi connectivity index (χ1v) is 7.87. The van der Waals surface area contributed by atoms with Crippen LogP contribution in [-0.4, -0.2) is 18.6 Å². The molecule has 0 radical (unpaired) electrons. The Balaban J connectivity index is 1.74. The van der Waals surface area contributed by atoms with Crippen molar-refractivity contribution in [3.8, 4) is 11.5 Å². The van der Waals surface area contributed by atoms with Gasteiger partial charge in [-0.15, -0.1) is 0 Å². The number of ether oxygens (including phenoxy) is 2. The molecule has 130 valence electrons. The van der Waals surface area contributed by atoms with Crippen molar-refractivity contribution in [2.75, 3.05) is 17.4 Å². The minimum atomic E-state index is -0.564. The third-order valence-corrected chi connectivity index (χ3v) is 3.61. The first-order chi connectivity index (χ1) is 12.1. The molecule has 2 aromatic carbocycles. The maximum absolute atomic E-state index is 13.8. The average Bonchev–Trinajstić information content (AvgIpc) is 3.05. The summed E-state index contributed by atoms with van der Waals surface area (Å²) in [4.78, 5) is 24.0. The maximum Gasteiger partial charge on any atom is 0.255 e. The molecule has 2 N–H and O–H groups in total. The number of amides is 2. The van der Waals surface area contributed by atoms with Gasteiger partial charge in [-0.2, -0.15) is 0 Å². The molecule has 0 atom stereocenters. The Hall–Kier alpha value is -3.09. The lowest BCUT2D eigenvalue weighted by atomic mass is 10.1. The number of carbonyl (C=O) groups is 2. The SMILES string of the molecule is CCCC(=O)Nc1cc(NC(=O)c2ccc3c(c2)OCO3)ccc1F. The molecule has 2 amide bonds. The van der Waals surface area contributed by atoms with Crippen LogP contribution in [0.5, 0.6) is 11.5 Å². The van der Waals surface area contributed by atoms with Crippen LogP contribution in [0.4, 0.5) is 15.8 Å². The molecule has 3 rings (SSSR count). The lowest BCUT2D eigenvalue weighted by Crippen LogP contribution is -2.14. The van der Waals surface area contributed by atoms with Crippen molar-refractivity contribution in [3.63, 3.8) is 0 Å². The highest BCUT2D eigenvalue weighted by molar-refractivity contribution is 6.05. The van der Waals surface area contributed by atoms with E-state index in [4.69, 9.17) is 9.47 Å². The molecule has 0 saturated carbocycles. The first-order valence-electron chi connectivity index (χ1n) is 7.87. The minimum absolute atomic E-state index is 0.0296. The number of halogens is 1. The summed E-state index contributed by atoms with van der Waals surface area (Å²) in [5.41, 5.74) is 0.781. The number of fused-ring (bicyclic) bond motifs is 1. The molecule has 0 aliphatic carbocycles. The van der Waals surface area contributed by atoms with Crippen LogP contribution in [0.3, 0.4) is 0 Å². The maximum atomic E-state index is 13.8. The van der Waals surface area contributed by atoms with Gasteiger partial charge in [-0.1, -0.05) is 6.92 Å². The quantitative estimate of drug-likeness (QED) is 0.870. The predicted octanol–water partition coefficient (Wildman–Crippen LogP) is 3.55. The van der Waals surface area contributed by atoms with E-state index in [1.165, 1.54) is 18.2 Å². The van der Waals surface area contributed by atoms with E-state index in [1.807, 2.05) is 6.92 Å². The summed E-state index contributed by atoms with van der Waals surface area (Å²) in [6.45, 7) is 1.98. The van der Waals surface area contributed by atoms with Crippen LogP contribution in [0.15, 0.2) is 36.4 Å². The fourth-order valence-electron chi connectivity index (χ4n) is 2.38. The summed E-state index contributed by atoms with van der Waals surface area (Å²) in [5.74, 6) is -0.138. The Labute approximate surface area is 143 Å². The Morgan fingerprint density at radius 1 is 1.08 bits per heavy atom. The number of hydrogen-bond acceptors (Lipinski definition) is 4. The van der Waals surface area contributed by atoms with Crippen molar-refractivity contribution in [1.29, 1.82) is 0 Å². The number of rotatable bonds is 5. The molecular formula is C18H17FN2O4. The van der Waals surface area contributed by atoms with E-state index in [1.54, 1.807) is 18.2 Å². The molecular weight excluding hydrogens is 327 g/mol. The van der Waals surface area contributed by atoms with Gasteiger partial charge in [0.05, 0.1) is 5.69 Å². The van der Waals surface area contributed by atoms with Crippen molar-refractivity contribution in [3.05, 3.63) is 47.8 Å². The molecule has 0 bridgehead atoms. The standard InChI is InChI=1S/C18H17FN2O4/c1-2-3-17(22)21-14-9-12(5-6-13(14)19)20-18(23)11-4-7-15-16(8-11)25-10-24-15/h4-9H,2-3,10H2,1H3,(H,20,23)(H,21,22). The van der Waals surface area contributed by atoms with Gasteiger partial charge in [0.25, 0.3) is 5.91 Å². The molecule has 0 fully saturated rings. The molecule has 25 heavy (non-hydrogen) atoms. The van der Waals surface area contributed by atoms with Crippen LogP contribution in [0.1, 0.15) is 30.1 Å². The second-order valence-electron chi connectivity index (χ2n) is 5.51. The van der Waals surface area contributed by atoms with E-state index in [0.29, 0.717) is 35.6 Å². The number of nitrogens with one attached hydrogen (secondary N) is 2. The van der Waals surface area contributed by atoms with Gasteiger partial charge in [0, 0.05) is 17.7 Å². The lowest BCUT2D eigenvalue weighted by Gasteiger charge is -2.10. The largest absolute Gasteiger partial charge is 0.454 e. The van der Waals surface area contributed by atoms with Gasteiger partial charge in [-0.05, 0) is 42.8 Å². The van der Waals surface area contributed by atoms with Crippen LogP contribution in [0.2, 0.25) is 0 Å². The Kier molecular flexibility index (Phi) is 4.83. The Morgan fingerprint density at radius 3 is 2.68 bits per heavy atom. The summed E-state index contributed by atoms with van der Waals surface area (Å²) < 4.78 is 24.3. The highest BCUT2D eigenvalue weighted by atomic mass is 19.1. The van der Waals surface area contributed by atoms with Gasteiger partial charge in [0.1, 0.15) is 5.82 Å². The first kappa shape index (κ1) is 16.8. The van der Waals surface area contributed by atoms with E-state index < -0.39 is 5.82 Å². The van der Waals surface area contributed by atoms with E-state index in [0.717, 1.165) is 0 Å². The Morgan fingerprint density at radius 2 is 1.88 bits per heavy atom. The third-order valence-electron chi connectivity index (χ3n) is 3.61. The molecule has 1 heterocycles. The van der Waals surface area contributed by atoms with Crippen LogP contribution in [0, 0.1) is 5.82 Å². The topological polar surface area (TPSA) is 76.7 Å². The zero-order valence-corrected chi connectivity index (χ0v) is 13.6. The van der Waals surface area contributed by atoms with Crippen molar-refractivity contribution >= 4 is 23.2 Å². The van der Waals surface area contributed by atoms with Crippen molar-refractivity contribution in [2.24, 2.45) is 0 Å². The third kappa shape index (κ3) is 3.88. The molecule has 0 aromatic heterocycles. The van der Waals surface area contributed by atoms with Gasteiger partial charge in [-0.3, -0.25) is 9.59 Å². The molecule has 6 nitrogen and oxygen atoms in total. The van der Waals surface area contributed by atoms with Gasteiger partial charge in [-0.25, -0.2) is 4.39 Å². The van der Waals surface area contributed by atoms with E-state index in [9.17, 15) is 14.0 Å². The molecule has 0 spiro atoms. The normalized spacial score (nSPS) is 11.9. The second kappa shape index (κ2) is 7.21. The van der Waals surface area contributed by atoms with Gasteiger partial charge < -0.3 is 20.1 Å². The van der Waals surface area contributed by atoms with Crippen LogP contribution in [-0.2, 0) is 4.79 Å². The zero-order chi connectivity index (χ0) is 17.8. The fraction of sp³-hybridized carbons (Fsp3) is 0.222. The summed E-state index contributed by atoms with van der Waals surface area (Å²) in [6, 6.07) is 8.83. The molecule has 2 aromatic rings. The number of carbonyl (C=O) groups excluding carboxylic acids is 2. The molecule has 1 aliphatic rings. The van der Waals surface area contributed by atoms with Crippen molar-refractivity contribution < 1.29 is 23.5 Å². The van der Waals surface area contributed by atoms with Gasteiger partial charge in [0.15, 0.2) is 11.5 Å². The van der Waals surface area contributed by atoms with Crippen LogP contribution in [0.25, 0.3) is 0 Å². The van der Waals surface area contributed by atoms with Crippen LogP contribution < -0.4 is 20.1 Å². The van der Waals surface area contributed by atoms with Gasteiger partial charge >= 0.3 is 0 Å². The number of anilines is 2. The van der Waals surface area contributed by atoms with E-state index >= 15 is 0 Å². The highest BCUT2D eigenvalue weighted by Crippen LogP contribution is 2.32. The molecule has 0 unspecified atom stereocenters. The average molecular weight is 344 g/mol. The highest BCUT2D eigenvalue weighted by Gasteiger charge is 2.17. The van der Waals surface area contributed by atoms with Crippen molar-refractivity contribution in [1.82, 2.24) is 0 Å². The number of benzene rings is 2. The van der Waals surface area contributed by atoms with E-state index in [-0.39, 0.29) is 24.3 Å². The Bertz CT molecular complexity index is 823. The van der Waals surface area contributed by atoms with Crippen LogP contribution >= 0.6 is 0 Å². The van der Waals surface area contributed by atoms with E-state index in [2.05, 4.69) is 10.6 Å². The molecule has 7 heteroatoms. The molecule has 1 aliphatic heterocycles. The summed E-state index contributed by atoms with van der Waals surface area (Å²) in [7, 11) is 0. The zero-order valence-electron chi connectivity index (χ0n) is 13.6. The fourth-order valence-corrected chi connectivity index (χ4v) is 2.38.